The minimum Gasteiger partial charge on any atom is -0.352 e. The monoisotopic (exact) mass is 269 g/mol. The molecule has 1 aliphatic carbocycles. The van der Waals surface area contributed by atoms with Crippen LogP contribution in [0.2, 0.25) is 0 Å². The van der Waals surface area contributed by atoms with E-state index < -0.39 is 0 Å². The topological polar surface area (TPSA) is 68.0 Å². The van der Waals surface area contributed by atoms with Crippen LogP contribution in [0.1, 0.15) is 29.6 Å². The lowest BCUT2D eigenvalue weighted by Gasteiger charge is -2.16. The van der Waals surface area contributed by atoms with Gasteiger partial charge in [-0.3, -0.25) is 9.78 Å². The lowest BCUT2D eigenvalue weighted by atomic mass is 10.0. The second kappa shape index (κ2) is 5.59. The average molecular weight is 269 g/mol. The number of para-hydroxylation sites is 1. The van der Waals surface area contributed by atoms with Crippen LogP contribution in [-0.2, 0) is 0 Å². The number of hydrogen-bond acceptors (Lipinski definition) is 3. The lowest BCUT2D eigenvalue weighted by molar-refractivity contribution is 0.0948. The van der Waals surface area contributed by atoms with Gasteiger partial charge in [0.2, 0.25) is 0 Å². The second-order valence-electron chi connectivity index (χ2n) is 5.45. The van der Waals surface area contributed by atoms with Crippen molar-refractivity contribution < 1.29 is 4.79 Å². The van der Waals surface area contributed by atoms with E-state index >= 15 is 0 Å². The Morgan fingerprint density at radius 1 is 1.30 bits per heavy atom. The van der Waals surface area contributed by atoms with Crippen LogP contribution in [0.3, 0.4) is 0 Å². The molecule has 0 aliphatic heterocycles. The van der Waals surface area contributed by atoms with Gasteiger partial charge in [-0.05, 0) is 30.9 Å². The van der Waals surface area contributed by atoms with Crippen molar-refractivity contribution in [2.24, 2.45) is 11.7 Å². The number of carbonyl (C=O) groups excluding carboxylic acids is 1. The van der Waals surface area contributed by atoms with Gasteiger partial charge in [-0.2, -0.15) is 0 Å². The van der Waals surface area contributed by atoms with E-state index in [0.29, 0.717) is 18.0 Å². The van der Waals surface area contributed by atoms with E-state index in [1.807, 2.05) is 30.3 Å². The van der Waals surface area contributed by atoms with E-state index in [4.69, 9.17) is 5.73 Å². The molecule has 2 atom stereocenters. The zero-order valence-electron chi connectivity index (χ0n) is 11.4. The maximum Gasteiger partial charge on any atom is 0.253 e. The smallest absolute Gasteiger partial charge is 0.253 e. The highest BCUT2D eigenvalue weighted by atomic mass is 16.1. The predicted molar refractivity (Wildman–Crippen MR) is 79.4 cm³/mol. The standard InChI is InChI=1S/C16H19N3O/c17-14-8-2-5-12(14)10-19-16(20)13-7-1-4-11-6-3-9-18-15(11)13/h1,3-4,6-7,9,12,14H,2,5,8,10,17H2,(H,19,20). The van der Waals surface area contributed by atoms with Crippen LogP contribution in [0, 0.1) is 5.92 Å². The van der Waals surface area contributed by atoms with Crippen LogP contribution in [0.25, 0.3) is 10.9 Å². The summed E-state index contributed by atoms with van der Waals surface area (Å²) in [7, 11) is 0. The van der Waals surface area contributed by atoms with Crippen molar-refractivity contribution in [2.75, 3.05) is 6.54 Å². The summed E-state index contributed by atoms with van der Waals surface area (Å²) < 4.78 is 0. The van der Waals surface area contributed by atoms with Crippen LogP contribution < -0.4 is 11.1 Å². The molecule has 2 aromatic rings. The molecule has 1 aliphatic rings. The summed E-state index contributed by atoms with van der Waals surface area (Å²) in [6, 6.07) is 9.74. The molecule has 3 N–H and O–H groups in total. The fourth-order valence-electron chi connectivity index (χ4n) is 2.93. The Balaban J connectivity index is 1.75. The molecule has 0 bridgehead atoms. The van der Waals surface area contributed by atoms with Crippen molar-refractivity contribution in [2.45, 2.75) is 25.3 Å². The first-order valence-electron chi connectivity index (χ1n) is 7.13. The number of pyridine rings is 1. The molecule has 4 heteroatoms. The van der Waals surface area contributed by atoms with E-state index in [1.165, 1.54) is 0 Å². The first kappa shape index (κ1) is 13.1. The molecular formula is C16H19N3O. The minimum absolute atomic E-state index is 0.0617. The molecule has 1 aromatic heterocycles. The normalized spacial score (nSPS) is 22.1. The van der Waals surface area contributed by atoms with Gasteiger partial charge < -0.3 is 11.1 Å². The van der Waals surface area contributed by atoms with Crippen LogP contribution in [0.15, 0.2) is 36.5 Å². The fraction of sp³-hybridized carbons (Fsp3) is 0.375. The van der Waals surface area contributed by atoms with E-state index in [1.54, 1.807) is 6.20 Å². The molecular weight excluding hydrogens is 250 g/mol. The number of nitrogens with one attached hydrogen (secondary N) is 1. The van der Waals surface area contributed by atoms with Gasteiger partial charge in [-0.25, -0.2) is 0 Å². The van der Waals surface area contributed by atoms with Crippen molar-refractivity contribution in [1.29, 1.82) is 0 Å². The number of hydrogen-bond donors (Lipinski definition) is 2. The van der Waals surface area contributed by atoms with E-state index in [2.05, 4.69) is 10.3 Å². The highest BCUT2D eigenvalue weighted by molar-refractivity contribution is 6.05. The summed E-state index contributed by atoms with van der Waals surface area (Å²) in [6.07, 6.45) is 5.05. The number of rotatable bonds is 3. The van der Waals surface area contributed by atoms with Gasteiger partial charge in [-0.1, -0.05) is 24.6 Å². The van der Waals surface area contributed by atoms with Crippen LogP contribution in [-0.4, -0.2) is 23.5 Å². The van der Waals surface area contributed by atoms with Gasteiger partial charge in [0.15, 0.2) is 0 Å². The Morgan fingerprint density at radius 3 is 2.95 bits per heavy atom. The van der Waals surface area contributed by atoms with Crippen molar-refractivity contribution in [3.8, 4) is 0 Å². The van der Waals surface area contributed by atoms with Gasteiger partial charge >= 0.3 is 0 Å². The second-order valence-corrected chi connectivity index (χ2v) is 5.45. The molecule has 0 radical (unpaired) electrons. The molecule has 1 fully saturated rings. The van der Waals surface area contributed by atoms with Gasteiger partial charge in [0, 0.05) is 24.2 Å². The number of benzene rings is 1. The number of nitrogens with zero attached hydrogens (tertiary/aromatic N) is 1. The molecule has 104 valence electrons. The molecule has 0 saturated heterocycles. The Kier molecular flexibility index (Phi) is 3.65. The van der Waals surface area contributed by atoms with Crippen molar-refractivity contribution in [1.82, 2.24) is 10.3 Å². The van der Waals surface area contributed by atoms with Gasteiger partial charge in [0.25, 0.3) is 5.91 Å². The first-order valence-corrected chi connectivity index (χ1v) is 7.13. The fourth-order valence-corrected chi connectivity index (χ4v) is 2.93. The van der Waals surface area contributed by atoms with Gasteiger partial charge in [0.1, 0.15) is 0 Å². The highest BCUT2D eigenvalue weighted by Gasteiger charge is 2.24. The summed E-state index contributed by atoms with van der Waals surface area (Å²) in [4.78, 5) is 16.6. The number of carbonyl (C=O) groups is 1. The molecule has 1 heterocycles. The minimum atomic E-state index is -0.0617. The van der Waals surface area contributed by atoms with Crippen LogP contribution in [0.5, 0.6) is 0 Å². The van der Waals surface area contributed by atoms with Crippen molar-refractivity contribution in [3.05, 3.63) is 42.1 Å². The molecule has 1 amide bonds. The molecule has 1 aromatic carbocycles. The molecule has 2 unspecified atom stereocenters. The average Bonchev–Trinajstić information content (AvgIpc) is 2.89. The largest absolute Gasteiger partial charge is 0.352 e. The Labute approximate surface area is 118 Å². The Morgan fingerprint density at radius 2 is 2.15 bits per heavy atom. The van der Waals surface area contributed by atoms with E-state index in [9.17, 15) is 4.79 Å². The number of nitrogens with two attached hydrogens (primary N) is 1. The van der Waals surface area contributed by atoms with Crippen LogP contribution in [0.4, 0.5) is 0 Å². The summed E-state index contributed by atoms with van der Waals surface area (Å²) in [5.74, 6) is 0.343. The number of amides is 1. The molecule has 0 spiro atoms. The predicted octanol–water partition coefficient (Wildman–Crippen LogP) is 2.09. The SMILES string of the molecule is NC1CCCC1CNC(=O)c1cccc2cccnc12. The molecule has 4 nitrogen and oxygen atoms in total. The zero-order chi connectivity index (χ0) is 13.9. The Hall–Kier alpha value is -1.94. The quantitative estimate of drug-likeness (QED) is 0.896. The summed E-state index contributed by atoms with van der Waals surface area (Å²) in [6.45, 7) is 0.656. The van der Waals surface area contributed by atoms with Crippen molar-refractivity contribution >= 4 is 16.8 Å². The first-order chi connectivity index (χ1) is 9.75. The molecule has 3 rings (SSSR count). The van der Waals surface area contributed by atoms with Crippen molar-refractivity contribution in [3.63, 3.8) is 0 Å². The van der Waals surface area contributed by atoms with Gasteiger partial charge in [-0.15, -0.1) is 0 Å². The van der Waals surface area contributed by atoms with E-state index in [-0.39, 0.29) is 11.9 Å². The molecule has 20 heavy (non-hydrogen) atoms. The highest BCUT2D eigenvalue weighted by Crippen LogP contribution is 2.23. The number of fused-ring (bicyclic) bond motifs is 1. The summed E-state index contributed by atoms with van der Waals surface area (Å²) in [5.41, 5.74) is 7.42. The third-order valence-electron chi connectivity index (χ3n) is 4.12. The maximum atomic E-state index is 12.3. The number of aromatic nitrogens is 1. The zero-order valence-corrected chi connectivity index (χ0v) is 11.4. The maximum absolute atomic E-state index is 12.3. The lowest BCUT2D eigenvalue weighted by Crippen LogP contribution is -2.36. The van der Waals surface area contributed by atoms with Crippen LogP contribution >= 0.6 is 0 Å². The van der Waals surface area contributed by atoms with Gasteiger partial charge in [0.05, 0.1) is 11.1 Å². The van der Waals surface area contributed by atoms with E-state index in [0.717, 1.165) is 30.2 Å². The summed E-state index contributed by atoms with van der Waals surface area (Å²) in [5, 5.41) is 3.99. The molecule has 1 saturated carbocycles. The third kappa shape index (κ3) is 2.51. The summed E-state index contributed by atoms with van der Waals surface area (Å²) >= 11 is 0. The Bertz CT molecular complexity index is 621. The third-order valence-corrected chi connectivity index (χ3v) is 4.12.